The van der Waals surface area contributed by atoms with Crippen LogP contribution >= 0.6 is 0 Å². The molecule has 1 N–H and O–H groups in total. The van der Waals surface area contributed by atoms with E-state index in [0.29, 0.717) is 0 Å². The maximum Gasteiger partial charge on any atom is 0.271 e. The average molecular weight is 434 g/mol. The summed E-state index contributed by atoms with van der Waals surface area (Å²) < 4.78 is 25.7. The zero-order valence-electron chi connectivity index (χ0n) is 17.6. The van der Waals surface area contributed by atoms with Gasteiger partial charge >= 0.3 is 0 Å². The van der Waals surface area contributed by atoms with E-state index in [4.69, 9.17) is 0 Å². The summed E-state index contributed by atoms with van der Waals surface area (Å²) >= 11 is 0. The highest BCUT2D eigenvalue weighted by molar-refractivity contribution is 7.92. The van der Waals surface area contributed by atoms with Crippen LogP contribution in [-0.4, -0.2) is 31.5 Å². The molecule has 30 heavy (non-hydrogen) atoms. The van der Waals surface area contributed by atoms with Crippen molar-refractivity contribution in [2.24, 2.45) is 0 Å². The summed E-state index contributed by atoms with van der Waals surface area (Å²) in [6, 6.07) is 10.3. The summed E-state index contributed by atoms with van der Waals surface area (Å²) in [5.74, 6) is -0.490. The van der Waals surface area contributed by atoms with Crippen LogP contribution in [0, 0.1) is 10.1 Å². The molecule has 1 amide bonds. The highest BCUT2D eigenvalue weighted by atomic mass is 32.2. The molecule has 0 heterocycles. The van der Waals surface area contributed by atoms with Crippen LogP contribution in [0.1, 0.15) is 37.5 Å². The van der Waals surface area contributed by atoms with Gasteiger partial charge in [0.15, 0.2) is 0 Å². The Morgan fingerprint density at radius 3 is 2.40 bits per heavy atom. The Labute approximate surface area is 177 Å². The molecule has 0 unspecified atom stereocenters. The molecule has 0 fully saturated rings. The van der Waals surface area contributed by atoms with Crippen LogP contribution in [0.4, 0.5) is 11.4 Å². The Hall–Kier alpha value is -2.94. The molecular formula is C21H27N3O5S. The Kier molecular flexibility index (Phi) is 7.55. The van der Waals surface area contributed by atoms with Crippen molar-refractivity contribution in [1.29, 1.82) is 0 Å². The third-order valence-corrected chi connectivity index (χ3v) is 6.14. The maximum absolute atomic E-state index is 12.8. The lowest BCUT2D eigenvalue weighted by atomic mass is 10.0. The molecule has 0 spiro atoms. The van der Waals surface area contributed by atoms with Crippen molar-refractivity contribution in [1.82, 2.24) is 5.32 Å². The minimum Gasteiger partial charge on any atom is -0.350 e. The fraction of sp³-hybridized carbons (Fsp3) is 0.381. The first-order valence-electron chi connectivity index (χ1n) is 9.70. The second kappa shape index (κ2) is 9.71. The van der Waals surface area contributed by atoms with Crippen LogP contribution in [-0.2, 0) is 34.2 Å². The average Bonchev–Trinajstić information content (AvgIpc) is 2.70. The van der Waals surface area contributed by atoms with E-state index in [-0.39, 0.29) is 17.9 Å². The van der Waals surface area contributed by atoms with Gasteiger partial charge in [-0.15, -0.1) is 0 Å². The number of sulfonamides is 1. The number of anilines is 1. The first-order valence-corrected chi connectivity index (χ1v) is 11.6. The Balaban J connectivity index is 2.27. The number of carbonyl (C=O) groups is 1. The van der Waals surface area contributed by atoms with E-state index < -0.39 is 26.9 Å². The second-order valence-corrected chi connectivity index (χ2v) is 8.90. The SMILES string of the molecule is CCc1ccc(CC)c(CNC(=O)[C@H](C)N(c2cccc([N+](=O)[O-])c2)S(C)(=O)=O)c1. The molecule has 0 aliphatic rings. The number of benzene rings is 2. The predicted octanol–water partition coefficient (Wildman–Crippen LogP) is 3.19. The van der Waals surface area contributed by atoms with Crippen LogP contribution in [0.5, 0.6) is 0 Å². The molecule has 0 bridgehead atoms. The van der Waals surface area contributed by atoms with Crippen LogP contribution in [0.15, 0.2) is 42.5 Å². The molecule has 1 atom stereocenters. The third kappa shape index (κ3) is 5.56. The van der Waals surface area contributed by atoms with Crippen molar-refractivity contribution < 1.29 is 18.1 Å². The van der Waals surface area contributed by atoms with Gasteiger partial charge in [0.1, 0.15) is 6.04 Å². The van der Waals surface area contributed by atoms with Crippen molar-refractivity contribution in [3.05, 3.63) is 69.3 Å². The number of hydrogen-bond acceptors (Lipinski definition) is 5. The minimum absolute atomic E-state index is 0.0663. The summed E-state index contributed by atoms with van der Waals surface area (Å²) in [6.45, 7) is 5.81. The zero-order valence-corrected chi connectivity index (χ0v) is 18.4. The van der Waals surface area contributed by atoms with Gasteiger partial charge in [0, 0.05) is 18.7 Å². The number of non-ortho nitro benzene ring substituents is 1. The van der Waals surface area contributed by atoms with Crippen molar-refractivity contribution in [3.8, 4) is 0 Å². The van der Waals surface area contributed by atoms with Crippen LogP contribution in [0.3, 0.4) is 0 Å². The summed E-state index contributed by atoms with van der Waals surface area (Å²) in [6.07, 6.45) is 2.65. The molecule has 0 saturated heterocycles. The zero-order chi connectivity index (χ0) is 22.5. The largest absolute Gasteiger partial charge is 0.350 e. The lowest BCUT2D eigenvalue weighted by molar-refractivity contribution is -0.384. The number of nitro groups is 1. The number of rotatable bonds is 9. The molecule has 0 aliphatic carbocycles. The van der Waals surface area contributed by atoms with Gasteiger partial charge in [0.05, 0.1) is 16.9 Å². The number of amides is 1. The fourth-order valence-electron chi connectivity index (χ4n) is 3.29. The monoisotopic (exact) mass is 433 g/mol. The van der Waals surface area contributed by atoms with E-state index in [0.717, 1.165) is 46.2 Å². The summed E-state index contributed by atoms with van der Waals surface area (Å²) in [5, 5.41) is 13.9. The van der Waals surface area contributed by atoms with Gasteiger partial charge in [0.2, 0.25) is 15.9 Å². The lowest BCUT2D eigenvalue weighted by Gasteiger charge is -2.28. The van der Waals surface area contributed by atoms with E-state index in [1.807, 2.05) is 19.1 Å². The number of nitro benzene ring substituents is 1. The Bertz CT molecular complexity index is 1040. The number of nitrogens with one attached hydrogen (secondary N) is 1. The molecule has 8 nitrogen and oxygen atoms in total. The molecule has 0 radical (unpaired) electrons. The minimum atomic E-state index is -3.86. The molecule has 2 rings (SSSR count). The van der Waals surface area contributed by atoms with Gasteiger partial charge in [-0.2, -0.15) is 0 Å². The molecule has 0 saturated carbocycles. The fourth-order valence-corrected chi connectivity index (χ4v) is 4.46. The Morgan fingerprint density at radius 1 is 1.13 bits per heavy atom. The normalized spacial score (nSPS) is 12.3. The summed E-state index contributed by atoms with van der Waals surface area (Å²) in [4.78, 5) is 23.2. The van der Waals surface area contributed by atoms with E-state index in [2.05, 4.69) is 18.3 Å². The topological polar surface area (TPSA) is 110 Å². The van der Waals surface area contributed by atoms with Gasteiger partial charge < -0.3 is 5.32 Å². The van der Waals surface area contributed by atoms with Gasteiger partial charge in [-0.25, -0.2) is 8.42 Å². The Morgan fingerprint density at radius 2 is 1.83 bits per heavy atom. The molecule has 2 aromatic carbocycles. The van der Waals surface area contributed by atoms with Gasteiger partial charge in [-0.05, 0) is 42.5 Å². The first kappa shape index (κ1) is 23.3. The van der Waals surface area contributed by atoms with E-state index in [9.17, 15) is 23.3 Å². The van der Waals surface area contributed by atoms with Gasteiger partial charge in [-0.1, -0.05) is 38.1 Å². The first-order chi connectivity index (χ1) is 14.1. The van der Waals surface area contributed by atoms with Crippen molar-refractivity contribution in [2.75, 3.05) is 10.6 Å². The predicted molar refractivity (Wildman–Crippen MR) is 117 cm³/mol. The van der Waals surface area contributed by atoms with Crippen molar-refractivity contribution >= 4 is 27.3 Å². The summed E-state index contributed by atoms with van der Waals surface area (Å²) in [5.41, 5.74) is 3.06. The number of hydrogen-bond donors (Lipinski definition) is 1. The van der Waals surface area contributed by atoms with E-state index >= 15 is 0 Å². The summed E-state index contributed by atoms with van der Waals surface area (Å²) in [7, 11) is -3.86. The molecule has 2 aromatic rings. The molecule has 162 valence electrons. The van der Waals surface area contributed by atoms with E-state index in [1.54, 1.807) is 0 Å². The number of aryl methyl sites for hydroxylation is 2. The lowest BCUT2D eigenvalue weighted by Crippen LogP contribution is -2.47. The molecule has 0 aliphatic heterocycles. The quantitative estimate of drug-likeness (QED) is 0.482. The molecule has 9 heteroatoms. The van der Waals surface area contributed by atoms with E-state index in [1.165, 1.54) is 25.1 Å². The molecule has 0 aromatic heterocycles. The van der Waals surface area contributed by atoms with Crippen LogP contribution in [0.2, 0.25) is 0 Å². The van der Waals surface area contributed by atoms with Crippen molar-refractivity contribution in [3.63, 3.8) is 0 Å². The number of nitrogens with zero attached hydrogens (tertiary/aromatic N) is 2. The van der Waals surface area contributed by atoms with Gasteiger partial charge in [-0.3, -0.25) is 19.2 Å². The third-order valence-electron chi connectivity index (χ3n) is 4.90. The maximum atomic E-state index is 12.8. The van der Waals surface area contributed by atoms with Gasteiger partial charge in [0.25, 0.3) is 5.69 Å². The standard InChI is InChI=1S/C21H27N3O5S/c1-5-16-10-11-17(6-2)18(12-16)14-22-21(25)15(3)23(30(4,28)29)19-8-7-9-20(13-19)24(26)27/h7-13,15H,5-6,14H2,1-4H3,(H,22,25)/t15-/m0/s1. The second-order valence-electron chi connectivity index (χ2n) is 7.04. The van der Waals surface area contributed by atoms with Crippen molar-refractivity contribution in [2.45, 2.75) is 46.2 Å². The highest BCUT2D eigenvalue weighted by Crippen LogP contribution is 2.25. The molecular weight excluding hydrogens is 406 g/mol. The van der Waals surface area contributed by atoms with Crippen LogP contribution in [0.25, 0.3) is 0 Å². The van der Waals surface area contributed by atoms with Crippen LogP contribution < -0.4 is 9.62 Å². The number of carbonyl (C=O) groups excluding carboxylic acids is 1. The smallest absolute Gasteiger partial charge is 0.271 e. The highest BCUT2D eigenvalue weighted by Gasteiger charge is 2.30.